The van der Waals surface area contributed by atoms with E-state index in [0.29, 0.717) is 5.92 Å². The second-order valence-electron chi connectivity index (χ2n) is 3.81. The Balaban J connectivity index is 0.00000121. The lowest BCUT2D eigenvalue weighted by Gasteiger charge is -2.15. The van der Waals surface area contributed by atoms with E-state index < -0.39 is 0 Å². The van der Waals surface area contributed by atoms with Crippen LogP contribution in [0.1, 0.15) is 52.5 Å². The molecule has 0 heteroatoms. The SMILES string of the molecule is C/C=C\C=C(/C)C(CC)c1ccccc1.CC. The molecule has 0 saturated carbocycles. The maximum Gasteiger partial charge on any atom is 0.00458 e. The molecule has 0 N–H and O–H groups in total. The zero-order valence-electron chi connectivity index (χ0n) is 11.9. The zero-order valence-corrected chi connectivity index (χ0v) is 11.9. The number of benzene rings is 1. The fraction of sp³-hybridized carbons (Fsp3) is 0.412. The number of allylic oxidation sites excluding steroid dienone is 4. The van der Waals surface area contributed by atoms with Crippen LogP contribution in [-0.2, 0) is 0 Å². The summed E-state index contributed by atoms with van der Waals surface area (Å²) < 4.78 is 0. The molecule has 1 aromatic rings. The first kappa shape index (κ1) is 15.7. The van der Waals surface area contributed by atoms with E-state index in [1.807, 2.05) is 20.8 Å². The van der Waals surface area contributed by atoms with Crippen molar-refractivity contribution in [2.75, 3.05) is 0 Å². The maximum atomic E-state index is 2.24. The molecular formula is C17H26. The summed E-state index contributed by atoms with van der Waals surface area (Å²) in [5.74, 6) is 0.558. The van der Waals surface area contributed by atoms with Gasteiger partial charge in [-0.2, -0.15) is 0 Å². The van der Waals surface area contributed by atoms with Crippen molar-refractivity contribution in [1.82, 2.24) is 0 Å². The third kappa shape index (κ3) is 5.53. The Morgan fingerprint density at radius 2 is 1.76 bits per heavy atom. The van der Waals surface area contributed by atoms with Crippen molar-refractivity contribution in [3.05, 3.63) is 59.7 Å². The quantitative estimate of drug-likeness (QED) is 0.579. The molecule has 0 nitrogen and oxygen atoms in total. The van der Waals surface area contributed by atoms with Crippen LogP contribution in [0.25, 0.3) is 0 Å². The minimum atomic E-state index is 0.558. The topological polar surface area (TPSA) is 0 Å². The summed E-state index contributed by atoms with van der Waals surface area (Å²) in [5, 5.41) is 0. The van der Waals surface area contributed by atoms with Gasteiger partial charge in [0.2, 0.25) is 0 Å². The molecule has 0 fully saturated rings. The Bertz CT molecular complexity index is 330. The molecule has 0 aliphatic rings. The standard InChI is InChI=1S/C15H20.C2H6/c1-4-6-10-13(3)15(5-2)14-11-8-7-9-12-14;1-2/h4,6-12,15H,5H2,1-3H3;1-2H3/b6-4-,13-10+;. The van der Waals surface area contributed by atoms with Gasteiger partial charge in [0.15, 0.2) is 0 Å². The van der Waals surface area contributed by atoms with Crippen molar-refractivity contribution in [3.63, 3.8) is 0 Å². The van der Waals surface area contributed by atoms with Crippen LogP contribution in [0.5, 0.6) is 0 Å². The predicted octanol–water partition coefficient (Wildman–Crippen LogP) is 5.73. The van der Waals surface area contributed by atoms with Crippen LogP contribution in [0.3, 0.4) is 0 Å². The first-order valence-electron chi connectivity index (χ1n) is 6.64. The van der Waals surface area contributed by atoms with Crippen LogP contribution >= 0.6 is 0 Å². The molecule has 0 amide bonds. The zero-order chi connectivity index (χ0) is 13.1. The lowest BCUT2D eigenvalue weighted by atomic mass is 9.89. The van der Waals surface area contributed by atoms with E-state index in [1.165, 1.54) is 11.1 Å². The van der Waals surface area contributed by atoms with E-state index in [2.05, 4.69) is 62.4 Å². The van der Waals surface area contributed by atoms with Crippen LogP contribution in [0.15, 0.2) is 54.1 Å². The summed E-state index contributed by atoms with van der Waals surface area (Å²) in [6.45, 7) is 10.5. The van der Waals surface area contributed by atoms with Crippen LogP contribution in [0.4, 0.5) is 0 Å². The first-order chi connectivity index (χ1) is 8.29. The molecule has 1 atom stereocenters. The molecular weight excluding hydrogens is 204 g/mol. The monoisotopic (exact) mass is 230 g/mol. The molecule has 1 aromatic carbocycles. The van der Waals surface area contributed by atoms with Gasteiger partial charge in [-0.25, -0.2) is 0 Å². The Morgan fingerprint density at radius 3 is 2.24 bits per heavy atom. The van der Waals surface area contributed by atoms with Crippen molar-refractivity contribution in [2.45, 2.75) is 47.0 Å². The van der Waals surface area contributed by atoms with Crippen LogP contribution in [-0.4, -0.2) is 0 Å². The first-order valence-corrected chi connectivity index (χ1v) is 6.64. The van der Waals surface area contributed by atoms with E-state index in [9.17, 15) is 0 Å². The van der Waals surface area contributed by atoms with Gasteiger partial charge in [0.05, 0.1) is 0 Å². The van der Waals surface area contributed by atoms with Crippen LogP contribution in [0, 0.1) is 0 Å². The van der Waals surface area contributed by atoms with Gasteiger partial charge in [-0.15, -0.1) is 0 Å². The van der Waals surface area contributed by atoms with E-state index >= 15 is 0 Å². The van der Waals surface area contributed by atoms with Gasteiger partial charge in [-0.05, 0) is 25.8 Å². The van der Waals surface area contributed by atoms with Crippen molar-refractivity contribution < 1.29 is 0 Å². The van der Waals surface area contributed by atoms with Gasteiger partial charge >= 0.3 is 0 Å². The van der Waals surface area contributed by atoms with Crippen LogP contribution in [0.2, 0.25) is 0 Å². The highest BCUT2D eigenvalue weighted by atomic mass is 14.1. The second kappa shape index (κ2) is 9.89. The molecule has 1 rings (SSSR count). The molecule has 0 aliphatic carbocycles. The molecule has 0 aliphatic heterocycles. The maximum absolute atomic E-state index is 2.24. The molecule has 0 aromatic heterocycles. The molecule has 17 heavy (non-hydrogen) atoms. The molecule has 0 bridgehead atoms. The molecule has 94 valence electrons. The van der Waals surface area contributed by atoms with Gasteiger partial charge in [0.25, 0.3) is 0 Å². The summed E-state index contributed by atoms with van der Waals surface area (Å²) in [6, 6.07) is 10.7. The molecule has 0 radical (unpaired) electrons. The summed E-state index contributed by atoms with van der Waals surface area (Å²) in [5.41, 5.74) is 2.85. The van der Waals surface area contributed by atoms with Crippen LogP contribution < -0.4 is 0 Å². The van der Waals surface area contributed by atoms with Gasteiger partial charge in [0.1, 0.15) is 0 Å². The lowest BCUT2D eigenvalue weighted by Crippen LogP contribution is -1.98. The normalized spacial score (nSPS) is 13.1. The molecule has 0 saturated heterocycles. The lowest BCUT2D eigenvalue weighted by molar-refractivity contribution is 0.759. The largest absolute Gasteiger partial charge is 0.0877 e. The average molecular weight is 230 g/mol. The van der Waals surface area contributed by atoms with Gasteiger partial charge in [-0.3, -0.25) is 0 Å². The number of hydrogen-bond donors (Lipinski definition) is 0. The van der Waals surface area contributed by atoms with E-state index in [1.54, 1.807) is 0 Å². The van der Waals surface area contributed by atoms with Gasteiger partial charge in [-0.1, -0.05) is 74.9 Å². The minimum Gasteiger partial charge on any atom is -0.0877 e. The van der Waals surface area contributed by atoms with Crippen molar-refractivity contribution in [1.29, 1.82) is 0 Å². The van der Waals surface area contributed by atoms with Crippen molar-refractivity contribution in [3.8, 4) is 0 Å². The predicted molar refractivity (Wildman–Crippen MR) is 79.4 cm³/mol. The summed E-state index contributed by atoms with van der Waals surface area (Å²) in [7, 11) is 0. The van der Waals surface area contributed by atoms with Gasteiger partial charge in [0, 0.05) is 5.92 Å². The fourth-order valence-electron chi connectivity index (χ4n) is 1.87. The fourth-order valence-corrected chi connectivity index (χ4v) is 1.87. The van der Waals surface area contributed by atoms with E-state index in [4.69, 9.17) is 0 Å². The van der Waals surface area contributed by atoms with E-state index in [0.717, 1.165) is 6.42 Å². The highest BCUT2D eigenvalue weighted by Crippen LogP contribution is 2.26. The Morgan fingerprint density at radius 1 is 1.18 bits per heavy atom. The Hall–Kier alpha value is -1.30. The van der Waals surface area contributed by atoms with E-state index in [-0.39, 0.29) is 0 Å². The van der Waals surface area contributed by atoms with Crippen molar-refractivity contribution in [2.24, 2.45) is 0 Å². The summed E-state index contributed by atoms with van der Waals surface area (Å²) >= 11 is 0. The smallest absolute Gasteiger partial charge is 0.00458 e. The number of rotatable bonds is 4. The minimum absolute atomic E-state index is 0.558. The summed E-state index contributed by atoms with van der Waals surface area (Å²) in [4.78, 5) is 0. The Labute approximate surface area is 107 Å². The van der Waals surface area contributed by atoms with Crippen molar-refractivity contribution >= 4 is 0 Å². The summed E-state index contributed by atoms with van der Waals surface area (Å²) in [6.07, 6.45) is 7.55. The molecule has 0 spiro atoms. The highest BCUT2D eigenvalue weighted by molar-refractivity contribution is 5.29. The van der Waals surface area contributed by atoms with Gasteiger partial charge < -0.3 is 0 Å². The number of hydrogen-bond acceptors (Lipinski definition) is 0. The highest BCUT2D eigenvalue weighted by Gasteiger charge is 2.09. The second-order valence-corrected chi connectivity index (χ2v) is 3.81. The third-order valence-electron chi connectivity index (χ3n) is 2.71. The average Bonchev–Trinajstić information content (AvgIpc) is 2.41. The third-order valence-corrected chi connectivity index (χ3v) is 2.71. The molecule has 1 unspecified atom stereocenters. The molecule has 0 heterocycles. The Kier molecular flexibility index (Phi) is 9.14.